The summed E-state index contributed by atoms with van der Waals surface area (Å²) in [5.41, 5.74) is 2.37. The molecule has 3 nitrogen and oxygen atoms in total. The Hall–Kier alpha value is -2.36. The molecular weight excluding hydrogens is 259 g/mol. The van der Waals surface area contributed by atoms with Crippen LogP contribution in [0.1, 0.15) is 21.5 Å². The Morgan fingerprint density at radius 1 is 1.15 bits per heavy atom. The molecule has 2 rings (SSSR count). The van der Waals surface area contributed by atoms with E-state index < -0.39 is 11.8 Å². The molecular formula is C16H15FO3. The van der Waals surface area contributed by atoms with Gasteiger partial charge >= 0.3 is 5.97 Å². The van der Waals surface area contributed by atoms with E-state index in [0.29, 0.717) is 11.3 Å². The molecule has 4 heteroatoms. The van der Waals surface area contributed by atoms with Crippen LogP contribution in [0.25, 0.3) is 11.1 Å². The van der Waals surface area contributed by atoms with Crippen molar-refractivity contribution in [2.24, 2.45) is 0 Å². The van der Waals surface area contributed by atoms with E-state index in [1.165, 1.54) is 19.2 Å². The third-order valence-corrected chi connectivity index (χ3v) is 3.40. The van der Waals surface area contributed by atoms with Crippen LogP contribution in [0.5, 0.6) is 5.75 Å². The predicted octanol–water partition coefficient (Wildman–Crippen LogP) is 3.82. The molecule has 104 valence electrons. The number of ether oxygens (including phenoxy) is 1. The lowest BCUT2D eigenvalue weighted by Gasteiger charge is -2.14. The fourth-order valence-electron chi connectivity index (χ4n) is 2.17. The minimum absolute atomic E-state index is 0.227. The molecule has 0 bridgehead atoms. The van der Waals surface area contributed by atoms with Crippen molar-refractivity contribution in [1.29, 1.82) is 0 Å². The van der Waals surface area contributed by atoms with Crippen LogP contribution < -0.4 is 4.74 Å². The van der Waals surface area contributed by atoms with Crippen molar-refractivity contribution >= 4 is 5.97 Å². The highest BCUT2D eigenvalue weighted by Gasteiger charge is 2.18. The molecule has 1 N–H and O–H groups in total. The number of aromatic carboxylic acids is 1. The predicted molar refractivity (Wildman–Crippen MR) is 74.8 cm³/mol. The molecule has 0 atom stereocenters. The van der Waals surface area contributed by atoms with E-state index in [0.717, 1.165) is 11.1 Å². The summed E-state index contributed by atoms with van der Waals surface area (Å²) in [6, 6.07) is 7.92. The zero-order valence-electron chi connectivity index (χ0n) is 11.5. The Kier molecular flexibility index (Phi) is 3.74. The van der Waals surface area contributed by atoms with Crippen LogP contribution in [0.3, 0.4) is 0 Å². The van der Waals surface area contributed by atoms with Crippen LogP contribution in [0, 0.1) is 19.7 Å². The van der Waals surface area contributed by atoms with Gasteiger partial charge in [-0.15, -0.1) is 0 Å². The van der Waals surface area contributed by atoms with Crippen LogP contribution in [0.4, 0.5) is 4.39 Å². The number of carbonyl (C=O) groups is 1. The average Bonchev–Trinajstić information content (AvgIpc) is 2.42. The number of methoxy groups -OCH3 is 1. The lowest BCUT2D eigenvalue weighted by Crippen LogP contribution is -2.02. The fourth-order valence-corrected chi connectivity index (χ4v) is 2.17. The summed E-state index contributed by atoms with van der Waals surface area (Å²) in [7, 11) is 1.52. The van der Waals surface area contributed by atoms with Crippen molar-refractivity contribution in [2.45, 2.75) is 13.8 Å². The molecule has 0 aliphatic heterocycles. The maximum Gasteiger partial charge on any atom is 0.338 e. The van der Waals surface area contributed by atoms with Gasteiger partial charge in [0.05, 0.1) is 12.7 Å². The minimum Gasteiger partial charge on any atom is -0.496 e. The van der Waals surface area contributed by atoms with Crippen molar-refractivity contribution in [1.82, 2.24) is 0 Å². The van der Waals surface area contributed by atoms with Gasteiger partial charge in [0.2, 0.25) is 0 Å². The summed E-state index contributed by atoms with van der Waals surface area (Å²) < 4.78 is 19.7. The monoisotopic (exact) mass is 274 g/mol. The van der Waals surface area contributed by atoms with E-state index in [4.69, 9.17) is 9.84 Å². The summed E-state index contributed by atoms with van der Waals surface area (Å²) >= 11 is 0. The number of benzene rings is 2. The molecule has 0 aliphatic rings. The normalized spacial score (nSPS) is 10.4. The first kappa shape index (κ1) is 14.1. The first-order valence-electron chi connectivity index (χ1n) is 6.13. The Morgan fingerprint density at radius 3 is 2.45 bits per heavy atom. The second kappa shape index (κ2) is 5.33. The average molecular weight is 274 g/mol. The van der Waals surface area contributed by atoms with Crippen LogP contribution in [0.15, 0.2) is 30.3 Å². The second-order valence-electron chi connectivity index (χ2n) is 4.56. The number of halogens is 1. The van der Waals surface area contributed by atoms with Crippen LogP contribution in [-0.2, 0) is 0 Å². The number of rotatable bonds is 3. The summed E-state index contributed by atoms with van der Waals surface area (Å²) in [5, 5.41) is 8.99. The van der Waals surface area contributed by atoms with Crippen molar-refractivity contribution in [3.8, 4) is 16.9 Å². The molecule has 0 saturated carbocycles. The first-order chi connectivity index (χ1) is 9.47. The fraction of sp³-hybridized carbons (Fsp3) is 0.188. The quantitative estimate of drug-likeness (QED) is 0.925. The third kappa shape index (κ3) is 2.25. The molecule has 0 unspecified atom stereocenters. The smallest absolute Gasteiger partial charge is 0.338 e. The van der Waals surface area contributed by atoms with Gasteiger partial charge in [0.1, 0.15) is 11.6 Å². The molecule has 0 aromatic heterocycles. The van der Waals surface area contributed by atoms with Gasteiger partial charge in [-0.3, -0.25) is 0 Å². The van der Waals surface area contributed by atoms with E-state index in [1.54, 1.807) is 12.1 Å². The SMILES string of the molecule is COc1c(-c2cccc(C(=O)O)c2F)ccc(C)c1C. The lowest BCUT2D eigenvalue weighted by molar-refractivity contribution is 0.0692. The summed E-state index contributed by atoms with van der Waals surface area (Å²) in [6.45, 7) is 3.82. The number of carboxylic acids is 1. The molecule has 0 aliphatic carbocycles. The van der Waals surface area contributed by atoms with Crippen molar-refractivity contribution in [2.75, 3.05) is 7.11 Å². The number of hydrogen-bond donors (Lipinski definition) is 1. The van der Waals surface area contributed by atoms with Gasteiger partial charge in [-0.1, -0.05) is 24.3 Å². The van der Waals surface area contributed by atoms with Crippen molar-refractivity contribution in [3.63, 3.8) is 0 Å². The maximum absolute atomic E-state index is 14.3. The van der Waals surface area contributed by atoms with Gasteiger partial charge in [-0.2, -0.15) is 0 Å². The highest BCUT2D eigenvalue weighted by molar-refractivity contribution is 5.90. The molecule has 2 aromatic carbocycles. The Labute approximate surface area is 116 Å². The van der Waals surface area contributed by atoms with Crippen LogP contribution >= 0.6 is 0 Å². The molecule has 0 saturated heterocycles. The molecule has 0 fully saturated rings. The van der Waals surface area contributed by atoms with Gasteiger partial charge in [-0.05, 0) is 31.0 Å². The third-order valence-electron chi connectivity index (χ3n) is 3.40. The van der Waals surface area contributed by atoms with E-state index in [2.05, 4.69) is 0 Å². The largest absolute Gasteiger partial charge is 0.496 e. The molecule has 2 aromatic rings. The zero-order valence-corrected chi connectivity index (χ0v) is 11.5. The number of hydrogen-bond acceptors (Lipinski definition) is 2. The molecule has 0 spiro atoms. The van der Waals surface area contributed by atoms with Gasteiger partial charge in [-0.25, -0.2) is 9.18 Å². The lowest BCUT2D eigenvalue weighted by atomic mass is 9.97. The van der Waals surface area contributed by atoms with Crippen LogP contribution in [0.2, 0.25) is 0 Å². The highest BCUT2D eigenvalue weighted by Crippen LogP contribution is 2.36. The minimum atomic E-state index is -1.29. The van der Waals surface area contributed by atoms with E-state index in [1.807, 2.05) is 19.9 Å². The summed E-state index contributed by atoms with van der Waals surface area (Å²) in [5.74, 6) is -1.47. The zero-order chi connectivity index (χ0) is 14.9. The van der Waals surface area contributed by atoms with Gasteiger partial charge in [0.15, 0.2) is 0 Å². The van der Waals surface area contributed by atoms with E-state index >= 15 is 0 Å². The topological polar surface area (TPSA) is 46.5 Å². The Balaban J connectivity index is 2.72. The van der Waals surface area contributed by atoms with Crippen molar-refractivity contribution < 1.29 is 19.0 Å². The first-order valence-corrected chi connectivity index (χ1v) is 6.13. The maximum atomic E-state index is 14.3. The summed E-state index contributed by atoms with van der Waals surface area (Å²) in [4.78, 5) is 11.0. The van der Waals surface area contributed by atoms with Crippen molar-refractivity contribution in [3.05, 3.63) is 52.8 Å². The molecule has 20 heavy (non-hydrogen) atoms. The number of carboxylic acid groups (broad SMARTS) is 1. The Bertz CT molecular complexity index is 678. The number of aryl methyl sites for hydroxylation is 1. The van der Waals surface area contributed by atoms with Crippen LogP contribution in [-0.4, -0.2) is 18.2 Å². The molecule has 0 radical (unpaired) electrons. The second-order valence-corrected chi connectivity index (χ2v) is 4.56. The Morgan fingerprint density at radius 2 is 1.85 bits per heavy atom. The highest BCUT2D eigenvalue weighted by atomic mass is 19.1. The molecule has 0 amide bonds. The van der Waals surface area contributed by atoms with E-state index in [9.17, 15) is 9.18 Å². The summed E-state index contributed by atoms with van der Waals surface area (Å²) in [6.07, 6.45) is 0. The molecule has 0 heterocycles. The van der Waals surface area contributed by atoms with Gasteiger partial charge in [0, 0.05) is 11.1 Å². The standard InChI is InChI=1S/C16H15FO3/c1-9-7-8-12(15(20-3)10(9)2)11-5-4-6-13(14(11)17)16(18)19/h4-8H,1-3H3,(H,18,19). The van der Waals surface area contributed by atoms with E-state index in [-0.39, 0.29) is 11.1 Å². The van der Waals surface area contributed by atoms with Gasteiger partial charge in [0.25, 0.3) is 0 Å². The van der Waals surface area contributed by atoms with Gasteiger partial charge < -0.3 is 9.84 Å².